The van der Waals surface area contributed by atoms with Gasteiger partial charge in [0.2, 0.25) is 0 Å². The van der Waals surface area contributed by atoms with Gasteiger partial charge in [0, 0.05) is 41.3 Å². The maximum absolute atomic E-state index is 13.8. The number of nitro groups is 1. The van der Waals surface area contributed by atoms with Crippen molar-refractivity contribution in [1.29, 1.82) is 0 Å². The third kappa shape index (κ3) is 4.09. The number of hydrogen-bond acceptors (Lipinski definition) is 6. The van der Waals surface area contributed by atoms with Gasteiger partial charge in [-0.05, 0) is 47.7 Å². The number of fused-ring (bicyclic) bond motifs is 1. The van der Waals surface area contributed by atoms with E-state index >= 15 is 0 Å². The molecule has 0 unspecified atom stereocenters. The van der Waals surface area contributed by atoms with Gasteiger partial charge in [-0.15, -0.1) is 0 Å². The maximum atomic E-state index is 13.8. The van der Waals surface area contributed by atoms with Crippen molar-refractivity contribution in [2.24, 2.45) is 5.92 Å². The number of carbonyl (C=O) groups is 2. The van der Waals surface area contributed by atoms with E-state index in [1.54, 1.807) is 24.0 Å². The molecule has 0 radical (unpaired) electrons. The second-order valence-electron chi connectivity index (χ2n) is 10.3. The van der Waals surface area contributed by atoms with E-state index in [0.717, 1.165) is 22.0 Å². The molecule has 9 nitrogen and oxygen atoms in total. The summed E-state index contributed by atoms with van der Waals surface area (Å²) in [4.78, 5) is 41.1. The number of benzene rings is 4. The molecule has 2 amide bonds. The zero-order chi connectivity index (χ0) is 28.9. The van der Waals surface area contributed by atoms with Gasteiger partial charge in [0.15, 0.2) is 5.60 Å². The second-order valence-corrected chi connectivity index (χ2v) is 10.3. The first-order valence-corrected chi connectivity index (χ1v) is 13.3. The van der Waals surface area contributed by atoms with E-state index in [-0.39, 0.29) is 30.3 Å². The Kier molecular flexibility index (Phi) is 6.40. The van der Waals surface area contributed by atoms with Gasteiger partial charge in [-0.2, -0.15) is 0 Å². The molecule has 2 atom stereocenters. The van der Waals surface area contributed by atoms with Crippen LogP contribution in [-0.2, 0) is 16.9 Å². The predicted molar refractivity (Wildman–Crippen MR) is 155 cm³/mol. The minimum Gasteiger partial charge on any atom is -0.396 e. The van der Waals surface area contributed by atoms with Crippen molar-refractivity contribution in [3.63, 3.8) is 0 Å². The van der Waals surface area contributed by atoms with E-state index in [1.165, 1.54) is 23.1 Å². The topological polar surface area (TPSA) is 124 Å². The molecule has 0 aromatic heterocycles. The zero-order valence-corrected chi connectivity index (χ0v) is 22.2. The number of aliphatic hydroxyl groups is 2. The number of rotatable bonds is 8. The van der Waals surface area contributed by atoms with Gasteiger partial charge in [-0.3, -0.25) is 24.6 Å². The Balaban J connectivity index is 1.32. The summed E-state index contributed by atoms with van der Waals surface area (Å²) in [6, 6.07) is 22.8. The summed E-state index contributed by atoms with van der Waals surface area (Å²) in [7, 11) is 0. The maximum Gasteiger partial charge on any atom is 0.269 e. The van der Waals surface area contributed by atoms with Crippen molar-refractivity contribution in [1.82, 2.24) is 0 Å². The predicted octanol–water partition coefficient (Wildman–Crippen LogP) is 5.35. The highest BCUT2D eigenvalue weighted by atomic mass is 16.6. The summed E-state index contributed by atoms with van der Waals surface area (Å²) >= 11 is 0. The summed E-state index contributed by atoms with van der Waals surface area (Å²) in [5.41, 5.74) is 1.23. The third-order valence-corrected chi connectivity index (χ3v) is 7.94. The van der Waals surface area contributed by atoms with Gasteiger partial charge >= 0.3 is 0 Å². The van der Waals surface area contributed by atoms with Gasteiger partial charge in [-0.1, -0.05) is 55.5 Å². The number of amides is 2. The Labute approximate surface area is 235 Å². The molecule has 4 aromatic rings. The first-order valence-electron chi connectivity index (χ1n) is 13.3. The van der Waals surface area contributed by atoms with Gasteiger partial charge < -0.3 is 15.1 Å². The summed E-state index contributed by atoms with van der Waals surface area (Å²) in [5, 5.41) is 34.3. The van der Waals surface area contributed by atoms with Gasteiger partial charge in [0.25, 0.3) is 17.5 Å². The molecule has 0 saturated carbocycles. The van der Waals surface area contributed by atoms with Crippen LogP contribution in [0.1, 0.15) is 34.8 Å². The van der Waals surface area contributed by atoms with Crippen LogP contribution in [-0.4, -0.2) is 33.6 Å². The largest absolute Gasteiger partial charge is 0.396 e. The summed E-state index contributed by atoms with van der Waals surface area (Å²) in [6.45, 7) is 1.70. The highest BCUT2D eigenvalue weighted by Crippen LogP contribution is 2.47. The van der Waals surface area contributed by atoms with Gasteiger partial charge in [0.1, 0.15) is 0 Å². The molecule has 41 heavy (non-hydrogen) atoms. The molecule has 0 fully saturated rings. The minimum atomic E-state index is -2.01. The van der Waals surface area contributed by atoms with Crippen molar-refractivity contribution in [3.05, 3.63) is 118 Å². The van der Waals surface area contributed by atoms with E-state index in [2.05, 4.69) is 0 Å². The molecule has 2 N–H and O–H groups in total. The summed E-state index contributed by atoms with van der Waals surface area (Å²) < 4.78 is 0. The lowest BCUT2D eigenvalue weighted by atomic mass is 9.82. The Morgan fingerprint density at radius 2 is 1.73 bits per heavy atom. The quantitative estimate of drug-likeness (QED) is 0.174. The Hall–Kier alpha value is -4.86. The van der Waals surface area contributed by atoms with Crippen LogP contribution in [0.4, 0.5) is 22.7 Å². The number of carbonyl (C=O) groups excluding carboxylic acids is 2. The monoisotopic (exact) mass is 549 g/mol. The molecule has 9 heteroatoms. The fraction of sp³-hybridized carbons (Fsp3) is 0.188. The first kappa shape index (κ1) is 26.4. The van der Waals surface area contributed by atoms with Crippen LogP contribution in [0.5, 0.6) is 0 Å². The molecule has 0 spiro atoms. The average Bonchev–Trinajstić information content (AvgIpc) is 3.39. The number of nitro benzene ring substituents is 1. The normalized spacial score (nSPS) is 18.5. The van der Waals surface area contributed by atoms with Crippen LogP contribution in [0.15, 0.2) is 91.0 Å². The number of anilines is 3. The van der Waals surface area contributed by atoms with Crippen molar-refractivity contribution >= 4 is 45.3 Å². The van der Waals surface area contributed by atoms with Crippen LogP contribution >= 0.6 is 0 Å². The highest BCUT2D eigenvalue weighted by Gasteiger charge is 2.53. The smallest absolute Gasteiger partial charge is 0.269 e. The van der Waals surface area contributed by atoms with Crippen molar-refractivity contribution < 1.29 is 24.7 Å². The summed E-state index contributed by atoms with van der Waals surface area (Å²) in [5.74, 6) is -1.40. The van der Waals surface area contributed by atoms with Crippen molar-refractivity contribution in [2.45, 2.75) is 25.5 Å². The molecule has 0 aliphatic carbocycles. The lowest BCUT2D eigenvalue weighted by Gasteiger charge is -2.27. The van der Waals surface area contributed by atoms with Gasteiger partial charge in [-0.25, -0.2) is 0 Å². The van der Waals surface area contributed by atoms with E-state index in [9.17, 15) is 24.8 Å². The van der Waals surface area contributed by atoms with Gasteiger partial charge in [0.05, 0.1) is 28.4 Å². The first-order chi connectivity index (χ1) is 19.8. The van der Waals surface area contributed by atoms with Crippen LogP contribution in [0.3, 0.4) is 0 Å². The van der Waals surface area contributed by atoms with Crippen molar-refractivity contribution in [2.75, 3.05) is 16.4 Å². The second kappa shape index (κ2) is 9.96. The Morgan fingerprint density at radius 3 is 2.44 bits per heavy atom. The van der Waals surface area contributed by atoms with E-state index in [1.807, 2.05) is 60.7 Å². The molecule has 4 aromatic carbocycles. The SMILES string of the molecule is C[C@@H](/C=C/CCO)[C@]1(O)C(=O)N(Cc2ccc(N3C(=O)c4cccc5cccc3c45)cc2)c2ccc([N+](=O)[O-])cc21. The molecular formula is C32H27N3O6. The molecule has 6 rings (SSSR count). The number of non-ortho nitro benzene ring substituents is 1. The molecule has 0 bridgehead atoms. The van der Waals surface area contributed by atoms with E-state index in [0.29, 0.717) is 23.4 Å². The minimum absolute atomic E-state index is 0.0793. The lowest BCUT2D eigenvalue weighted by Crippen LogP contribution is -2.44. The fourth-order valence-electron chi connectivity index (χ4n) is 5.82. The molecule has 2 aliphatic rings. The standard InChI is InChI=1S/C32H27N3O6/c1-20(6-2-3-17-36)32(39)26-18-24(35(40)41)15-16-27(26)33(31(32)38)19-21-11-13-23(14-12-21)34-28-10-5-8-22-7-4-9-25(29(22)28)30(34)37/h2,4-16,18,20,36,39H,3,17,19H2,1H3/b6-2+/t20-,32+/m0/s1. The molecule has 2 heterocycles. The van der Waals surface area contributed by atoms with Crippen LogP contribution in [0.2, 0.25) is 0 Å². The Bertz CT molecular complexity index is 1740. The van der Waals surface area contributed by atoms with Crippen LogP contribution in [0.25, 0.3) is 10.8 Å². The summed E-state index contributed by atoms with van der Waals surface area (Å²) in [6.07, 6.45) is 3.67. The van der Waals surface area contributed by atoms with E-state index < -0.39 is 22.3 Å². The molecular weight excluding hydrogens is 522 g/mol. The molecule has 2 aliphatic heterocycles. The van der Waals surface area contributed by atoms with Crippen molar-refractivity contribution in [3.8, 4) is 0 Å². The van der Waals surface area contributed by atoms with E-state index in [4.69, 9.17) is 5.11 Å². The Morgan fingerprint density at radius 1 is 1.00 bits per heavy atom. The average molecular weight is 550 g/mol. The highest BCUT2D eigenvalue weighted by molar-refractivity contribution is 6.27. The number of nitrogens with zero attached hydrogens (tertiary/aromatic N) is 3. The fourth-order valence-corrected chi connectivity index (χ4v) is 5.82. The van der Waals surface area contributed by atoms with Crippen LogP contribution in [0, 0.1) is 16.0 Å². The number of aliphatic hydroxyl groups excluding tert-OH is 1. The lowest BCUT2D eigenvalue weighted by molar-refractivity contribution is -0.385. The molecule has 206 valence electrons. The molecule has 0 saturated heterocycles. The zero-order valence-electron chi connectivity index (χ0n) is 22.2. The third-order valence-electron chi connectivity index (χ3n) is 7.94. The number of hydrogen-bond donors (Lipinski definition) is 2. The van der Waals surface area contributed by atoms with Crippen LogP contribution < -0.4 is 9.80 Å².